The van der Waals surface area contributed by atoms with Gasteiger partial charge in [0.15, 0.2) is 0 Å². The molecule has 1 atom stereocenters. The molecule has 0 spiro atoms. The second-order valence-corrected chi connectivity index (χ2v) is 4.36. The molecule has 0 aliphatic rings. The molecule has 0 aromatic carbocycles. The van der Waals surface area contributed by atoms with Crippen LogP contribution in [0.1, 0.15) is 20.8 Å². The number of nitrogens with one attached hydrogen (secondary N) is 1. The van der Waals surface area contributed by atoms with E-state index >= 15 is 0 Å². The van der Waals surface area contributed by atoms with Crippen LogP contribution in [0.2, 0.25) is 0 Å². The molecule has 0 bridgehead atoms. The first-order chi connectivity index (χ1) is 5.04. The first-order valence-corrected chi connectivity index (χ1v) is 5.11. The third kappa shape index (κ3) is 6.23. The molecule has 3 heteroatoms. The van der Waals surface area contributed by atoms with E-state index in [1.165, 1.54) is 0 Å². The lowest BCUT2D eigenvalue weighted by Gasteiger charge is -2.09. The Kier molecular flexibility index (Phi) is 5.38. The van der Waals surface area contributed by atoms with Gasteiger partial charge in [-0.1, -0.05) is 20.8 Å². The summed E-state index contributed by atoms with van der Waals surface area (Å²) in [4.78, 5) is 0. The molecule has 0 fully saturated rings. The summed E-state index contributed by atoms with van der Waals surface area (Å²) < 4.78 is 0. The van der Waals surface area contributed by atoms with Gasteiger partial charge in [0.1, 0.15) is 0 Å². The number of thioether (sulfide) groups is 1. The van der Waals surface area contributed by atoms with E-state index in [0.29, 0.717) is 5.84 Å². The van der Waals surface area contributed by atoms with Crippen LogP contribution in [0.15, 0.2) is 0 Å². The van der Waals surface area contributed by atoms with Crippen LogP contribution in [0.25, 0.3) is 0 Å². The lowest BCUT2D eigenvalue weighted by molar-refractivity contribution is 0.747. The van der Waals surface area contributed by atoms with Gasteiger partial charge in [-0.2, -0.15) is 11.8 Å². The van der Waals surface area contributed by atoms with Gasteiger partial charge < -0.3 is 5.73 Å². The highest BCUT2D eigenvalue weighted by atomic mass is 32.2. The average molecular weight is 174 g/mol. The zero-order valence-corrected chi connectivity index (χ0v) is 8.37. The SMILES string of the molecule is CC(C)CSCC(C)C(=N)N. The van der Waals surface area contributed by atoms with Gasteiger partial charge in [-0.25, -0.2) is 0 Å². The second-order valence-electron chi connectivity index (χ2n) is 3.29. The van der Waals surface area contributed by atoms with E-state index in [4.69, 9.17) is 11.1 Å². The molecule has 0 aliphatic carbocycles. The predicted molar refractivity (Wildman–Crippen MR) is 53.2 cm³/mol. The summed E-state index contributed by atoms with van der Waals surface area (Å²) in [5, 5.41) is 7.15. The van der Waals surface area contributed by atoms with E-state index in [-0.39, 0.29) is 5.92 Å². The topological polar surface area (TPSA) is 49.9 Å². The molecule has 1 unspecified atom stereocenters. The van der Waals surface area contributed by atoms with Crippen molar-refractivity contribution in [1.29, 1.82) is 5.41 Å². The summed E-state index contributed by atoms with van der Waals surface area (Å²) in [7, 11) is 0. The summed E-state index contributed by atoms with van der Waals surface area (Å²) in [5.74, 6) is 3.42. The molecule has 11 heavy (non-hydrogen) atoms. The Hall–Kier alpha value is -0.180. The summed E-state index contributed by atoms with van der Waals surface area (Å²) in [6.45, 7) is 6.40. The maximum Gasteiger partial charge on any atom is 0.0942 e. The molecule has 0 heterocycles. The molecule has 0 amide bonds. The quantitative estimate of drug-likeness (QED) is 0.494. The van der Waals surface area contributed by atoms with E-state index in [9.17, 15) is 0 Å². The van der Waals surface area contributed by atoms with Crippen molar-refractivity contribution in [3.63, 3.8) is 0 Å². The van der Waals surface area contributed by atoms with E-state index in [1.807, 2.05) is 18.7 Å². The Morgan fingerprint density at radius 2 is 1.91 bits per heavy atom. The Morgan fingerprint density at radius 1 is 1.36 bits per heavy atom. The molecule has 3 N–H and O–H groups in total. The van der Waals surface area contributed by atoms with E-state index in [0.717, 1.165) is 17.4 Å². The lowest BCUT2D eigenvalue weighted by atomic mass is 10.2. The fourth-order valence-electron chi connectivity index (χ4n) is 0.570. The Balaban J connectivity index is 3.31. The lowest BCUT2D eigenvalue weighted by Crippen LogP contribution is -2.21. The van der Waals surface area contributed by atoms with Gasteiger partial charge in [0.2, 0.25) is 0 Å². The molecule has 0 saturated carbocycles. The highest BCUT2D eigenvalue weighted by Gasteiger charge is 2.04. The van der Waals surface area contributed by atoms with Crippen LogP contribution in [-0.4, -0.2) is 17.3 Å². The first-order valence-electron chi connectivity index (χ1n) is 3.95. The fraction of sp³-hybridized carbons (Fsp3) is 0.875. The van der Waals surface area contributed by atoms with Crippen molar-refractivity contribution < 1.29 is 0 Å². The third-order valence-corrected chi connectivity index (χ3v) is 2.99. The molecule has 0 aromatic rings. The molecule has 0 saturated heterocycles. The van der Waals surface area contributed by atoms with Gasteiger partial charge in [0.05, 0.1) is 5.84 Å². The van der Waals surface area contributed by atoms with Crippen LogP contribution in [-0.2, 0) is 0 Å². The number of rotatable bonds is 5. The van der Waals surface area contributed by atoms with Crippen molar-refractivity contribution in [1.82, 2.24) is 0 Å². The number of hydrogen-bond acceptors (Lipinski definition) is 2. The molecule has 0 aromatic heterocycles. The van der Waals surface area contributed by atoms with Crippen molar-refractivity contribution >= 4 is 17.6 Å². The van der Waals surface area contributed by atoms with Crippen molar-refractivity contribution in [2.45, 2.75) is 20.8 Å². The van der Waals surface area contributed by atoms with Crippen LogP contribution in [0.3, 0.4) is 0 Å². The first kappa shape index (κ1) is 10.8. The van der Waals surface area contributed by atoms with Gasteiger partial charge in [-0.05, 0) is 11.7 Å². The summed E-state index contributed by atoms with van der Waals surface area (Å²) in [6.07, 6.45) is 0. The largest absolute Gasteiger partial charge is 0.387 e. The van der Waals surface area contributed by atoms with Crippen LogP contribution in [0, 0.1) is 17.2 Å². The minimum Gasteiger partial charge on any atom is -0.387 e. The van der Waals surface area contributed by atoms with Crippen molar-refractivity contribution in [3.8, 4) is 0 Å². The van der Waals surface area contributed by atoms with Gasteiger partial charge in [0.25, 0.3) is 0 Å². The summed E-state index contributed by atoms with van der Waals surface area (Å²) in [5.41, 5.74) is 5.32. The van der Waals surface area contributed by atoms with Crippen molar-refractivity contribution in [2.75, 3.05) is 11.5 Å². The van der Waals surface area contributed by atoms with E-state index in [2.05, 4.69) is 13.8 Å². The number of amidine groups is 1. The van der Waals surface area contributed by atoms with Crippen LogP contribution in [0.5, 0.6) is 0 Å². The zero-order chi connectivity index (χ0) is 8.85. The number of hydrogen-bond donors (Lipinski definition) is 2. The van der Waals surface area contributed by atoms with E-state index in [1.54, 1.807) is 0 Å². The van der Waals surface area contributed by atoms with E-state index < -0.39 is 0 Å². The maximum atomic E-state index is 7.15. The standard InChI is InChI=1S/C8H18N2S/c1-6(2)4-11-5-7(3)8(9)10/h6-7H,4-5H2,1-3H3,(H3,9,10). The molecule has 0 rings (SSSR count). The molecule has 0 radical (unpaired) electrons. The number of nitrogens with two attached hydrogens (primary N) is 1. The highest BCUT2D eigenvalue weighted by Crippen LogP contribution is 2.11. The Morgan fingerprint density at radius 3 is 2.27 bits per heavy atom. The molecule has 0 aliphatic heterocycles. The van der Waals surface area contributed by atoms with Gasteiger partial charge >= 0.3 is 0 Å². The molecular weight excluding hydrogens is 156 g/mol. The maximum absolute atomic E-state index is 7.15. The summed E-state index contributed by atoms with van der Waals surface area (Å²) >= 11 is 1.88. The Labute approximate surface area is 73.4 Å². The average Bonchev–Trinajstić information content (AvgIpc) is 1.86. The predicted octanol–water partition coefficient (Wildman–Crippen LogP) is 1.95. The Bertz CT molecular complexity index is 123. The monoisotopic (exact) mass is 174 g/mol. The van der Waals surface area contributed by atoms with Crippen LogP contribution < -0.4 is 5.73 Å². The van der Waals surface area contributed by atoms with Gasteiger partial charge in [-0.15, -0.1) is 0 Å². The zero-order valence-electron chi connectivity index (χ0n) is 7.55. The van der Waals surface area contributed by atoms with Crippen molar-refractivity contribution in [3.05, 3.63) is 0 Å². The molecule has 66 valence electrons. The fourth-order valence-corrected chi connectivity index (χ4v) is 1.71. The van der Waals surface area contributed by atoms with Crippen molar-refractivity contribution in [2.24, 2.45) is 17.6 Å². The van der Waals surface area contributed by atoms with Gasteiger partial charge in [0, 0.05) is 11.7 Å². The molecule has 2 nitrogen and oxygen atoms in total. The third-order valence-electron chi connectivity index (χ3n) is 1.35. The van der Waals surface area contributed by atoms with Crippen LogP contribution >= 0.6 is 11.8 Å². The minimum absolute atomic E-state index is 0.235. The van der Waals surface area contributed by atoms with Gasteiger partial charge in [-0.3, -0.25) is 5.41 Å². The summed E-state index contributed by atoms with van der Waals surface area (Å²) in [6, 6.07) is 0. The normalized spacial score (nSPS) is 13.5. The second kappa shape index (κ2) is 5.47. The van der Waals surface area contributed by atoms with Crippen LogP contribution in [0.4, 0.5) is 0 Å². The smallest absolute Gasteiger partial charge is 0.0942 e. The molecular formula is C8H18N2S. The highest BCUT2D eigenvalue weighted by molar-refractivity contribution is 7.99. The minimum atomic E-state index is 0.235.